The van der Waals surface area contributed by atoms with Gasteiger partial charge >= 0.3 is 12.0 Å². The lowest BCUT2D eigenvalue weighted by atomic mass is 10.0. The molecule has 7 nitrogen and oxygen atoms in total. The fraction of sp³-hybridized carbons (Fsp3) is 0.750. The van der Waals surface area contributed by atoms with Crippen LogP contribution in [0.25, 0.3) is 0 Å². The Hall–Kier alpha value is -0.860. The zero-order valence-corrected chi connectivity index (χ0v) is 15.1. The van der Waals surface area contributed by atoms with E-state index in [1.54, 1.807) is 13.8 Å². The summed E-state index contributed by atoms with van der Waals surface area (Å²) in [4.78, 5) is 31.7. The smallest absolute Gasteiger partial charge is 0.320 e. The fourth-order valence-corrected chi connectivity index (χ4v) is 1.18. The zero-order chi connectivity index (χ0) is 16.5. The van der Waals surface area contributed by atoms with E-state index in [1.807, 2.05) is 19.2 Å². The molecular formula is C12H25BrClN3O4. The van der Waals surface area contributed by atoms with Gasteiger partial charge in [0.1, 0.15) is 10.4 Å². The van der Waals surface area contributed by atoms with E-state index >= 15 is 0 Å². The Labute approximate surface area is 139 Å². The Morgan fingerprint density at radius 3 is 1.76 bits per heavy atom. The van der Waals surface area contributed by atoms with Crippen molar-refractivity contribution in [2.24, 2.45) is 17.4 Å². The molecule has 0 saturated heterocycles. The number of hydrogen-bond acceptors (Lipinski definition) is 4. The van der Waals surface area contributed by atoms with Crippen molar-refractivity contribution in [2.45, 2.75) is 50.9 Å². The molecule has 3 amide bonds. The quantitative estimate of drug-likeness (QED) is 0.529. The first-order valence-electron chi connectivity index (χ1n) is 6.29. The number of rotatable bonds is 5. The van der Waals surface area contributed by atoms with Crippen molar-refractivity contribution in [3.05, 3.63) is 0 Å². The Kier molecular flexibility index (Phi) is 14.1. The molecule has 0 aliphatic heterocycles. The second-order valence-electron chi connectivity index (χ2n) is 4.60. The van der Waals surface area contributed by atoms with Crippen LogP contribution in [-0.4, -0.2) is 33.4 Å². The predicted molar refractivity (Wildman–Crippen MR) is 87.7 cm³/mol. The highest BCUT2D eigenvalue weighted by atomic mass is 79.9. The van der Waals surface area contributed by atoms with Crippen LogP contribution in [0.4, 0.5) is 4.79 Å². The topological polar surface area (TPSA) is 136 Å². The molecule has 6 N–H and O–H groups in total. The number of hydrogen-bond donors (Lipinski definition) is 4. The first-order chi connectivity index (χ1) is 9.01. The third-order valence-electron chi connectivity index (χ3n) is 2.77. The molecule has 0 fully saturated rings. The van der Waals surface area contributed by atoms with Crippen LogP contribution in [0.5, 0.6) is 0 Å². The average molecular weight is 391 g/mol. The fourth-order valence-electron chi connectivity index (χ4n) is 1.08. The van der Waals surface area contributed by atoms with Gasteiger partial charge in [-0.05, 0) is 18.8 Å². The van der Waals surface area contributed by atoms with Gasteiger partial charge in [0.05, 0.1) is 0 Å². The molecule has 0 aromatic heterocycles. The number of primary amides is 1. The minimum atomic E-state index is -0.931. The summed E-state index contributed by atoms with van der Waals surface area (Å²) in [5.41, 5.74) is 9.97. The number of urea groups is 1. The van der Waals surface area contributed by atoms with E-state index in [0.717, 1.165) is 0 Å². The molecule has 126 valence electrons. The molecule has 0 heterocycles. The van der Waals surface area contributed by atoms with Crippen molar-refractivity contribution in [2.75, 3.05) is 0 Å². The number of aliphatic carboxylic acids is 1. The van der Waals surface area contributed by atoms with Gasteiger partial charge < -0.3 is 16.6 Å². The van der Waals surface area contributed by atoms with Gasteiger partial charge in [-0.2, -0.15) is 0 Å². The number of carboxylic acids is 1. The van der Waals surface area contributed by atoms with E-state index in [4.69, 9.17) is 16.6 Å². The number of halogens is 2. The monoisotopic (exact) mass is 389 g/mol. The second-order valence-corrected chi connectivity index (χ2v) is 6.12. The van der Waals surface area contributed by atoms with Crippen molar-refractivity contribution < 1.29 is 19.5 Å². The summed E-state index contributed by atoms with van der Waals surface area (Å²) >= 11 is 3.26. The largest absolute Gasteiger partial charge is 0.480 e. The lowest BCUT2D eigenvalue weighted by Gasteiger charge is -2.21. The number of nitrogens with one attached hydrogen (secondary N) is 1. The maximum absolute atomic E-state index is 11.3. The van der Waals surface area contributed by atoms with Crippen molar-refractivity contribution in [3.63, 3.8) is 0 Å². The lowest BCUT2D eigenvalue weighted by Crippen LogP contribution is -2.46. The molecule has 0 aliphatic rings. The highest BCUT2D eigenvalue weighted by Crippen LogP contribution is 2.26. The maximum atomic E-state index is 11.3. The standard InChI is InChI=1S/C7H13BrN2O2.C5H11NO2.ClH/c1-3-7(8,4-2)5(11)10-6(9)12;1-3(2)4(6)5(7)8;/h3-4H2,1-2H3,(H3,9,10,11,12);3-4H,6H2,1-2H3,(H,7,8);1H/t;4-;/m.0./s1. The molecule has 0 bridgehead atoms. The SMILES string of the molecule is CC(C)[C@H](N)C(=O)O.CCC(Br)(CC)C(=O)NC(N)=O.Cl. The number of carbonyl (C=O) groups is 3. The highest BCUT2D eigenvalue weighted by Gasteiger charge is 2.32. The van der Waals surface area contributed by atoms with Crippen LogP contribution in [0.15, 0.2) is 0 Å². The maximum Gasteiger partial charge on any atom is 0.320 e. The van der Waals surface area contributed by atoms with Crippen LogP contribution < -0.4 is 16.8 Å². The van der Waals surface area contributed by atoms with Crippen LogP contribution in [0.2, 0.25) is 0 Å². The van der Waals surface area contributed by atoms with Crippen molar-refractivity contribution in [1.29, 1.82) is 0 Å². The summed E-state index contributed by atoms with van der Waals surface area (Å²) in [7, 11) is 0. The third-order valence-corrected chi connectivity index (χ3v) is 4.25. The summed E-state index contributed by atoms with van der Waals surface area (Å²) in [6.07, 6.45) is 1.23. The van der Waals surface area contributed by atoms with Gasteiger partial charge in [0, 0.05) is 0 Å². The number of carbonyl (C=O) groups excluding carboxylic acids is 2. The highest BCUT2D eigenvalue weighted by molar-refractivity contribution is 9.10. The summed E-state index contributed by atoms with van der Waals surface area (Å²) in [5.74, 6) is -1.28. The minimum absolute atomic E-state index is 0. The summed E-state index contributed by atoms with van der Waals surface area (Å²) in [6.45, 7) is 7.27. The van der Waals surface area contributed by atoms with E-state index in [0.29, 0.717) is 12.8 Å². The second kappa shape index (κ2) is 11.8. The van der Waals surface area contributed by atoms with Crippen LogP contribution in [0.1, 0.15) is 40.5 Å². The molecule has 0 saturated carbocycles. The van der Waals surface area contributed by atoms with Crippen LogP contribution in [0.3, 0.4) is 0 Å². The van der Waals surface area contributed by atoms with Gasteiger partial charge in [0.2, 0.25) is 5.91 Å². The molecule has 0 aromatic rings. The first-order valence-corrected chi connectivity index (χ1v) is 7.09. The van der Waals surface area contributed by atoms with E-state index in [9.17, 15) is 14.4 Å². The Morgan fingerprint density at radius 1 is 1.24 bits per heavy atom. The summed E-state index contributed by atoms with van der Waals surface area (Å²) in [5, 5.41) is 10.3. The van der Waals surface area contributed by atoms with Gasteiger partial charge in [0.25, 0.3) is 0 Å². The lowest BCUT2D eigenvalue weighted by molar-refractivity contribution is -0.139. The van der Waals surface area contributed by atoms with E-state index in [2.05, 4.69) is 15.9 Å². The zero-order valence-electron chi connectivity index (χ0n) is 12.7. The van der Waals surface area contributed by atoms with Crippen LogP contribution >= 0.6 is 28.3 Å². The van der Waals surface area contributed by atoms with Gasteiger partial charge in [-0.25, -0.2) is 4.79 Å². The van der Waals surface area contributed by atoms with Crippen molar-refractivity contribution in [1.82, 2.24) is 5.32 Å². The van der Waals surface area contributed by atoms with Gasteiger partial charge in [-0.15, -0.1) is 12.4 Å². The number of nitrogens with two attached hydrogens (primary N) is 2. The summed E-state index contributed by atoms with van der Waals surface area (Å²) < 4.78 is -0.665. The molecule has 21 heavy (non-hydrogen) atoms. The van der Waals surface area contributed by atoms with Crippen molar-refractivity contribution >= 4 is 46.2 Å². The number of carboxylic acid groups (broad SMARTS) is 1. The molecule has 0 radical (unpaired) electrons. The molecule has 0 spiro atoms. The molecular weight excluding hydrogens is 366 g/mol. The average Bonchev–Trinajstić information content (AvgIpc) is 2.36. The Morgan fingerprint density at radius 2 is 1.62 bits per heavy atom. The third kappa shape index (κ3) is 10.5. The van der Waals surface area contributed by atoms with Gasteiger partial charge in [-0.3, -0.25) is 14.9 Å². The first kappa shape index (κ1) is 25.1. The predicted octanol–water partition coefficient (Wildman–Crippen LogP) is 1.61. The van der Waals surface area contributed by atoms with E-state index in [1.165, 1.54) is 0 Å². The van der Waals surface area contributed by atoms with Crippen LogP contribution in [0, 0.1) is 5.92 Å². The number of alkyl halides is 1. The molecule has 0 aliphatic carbocycles. The van der Waals surface area contributed by atoms with Crippen LogP contribution in [-0.2, 0) is 9.59 Å². The molecule has 0 unspecified atom stereocenters. The Bertz CT molecular complexity index is 349. The number of imide groups is 1. The normalized spacial score (nSPS) is 11.6. The molecule has 0 rings (SSSR count). The van der Waals surface area contributed by atoms with Gasteiger partial charge in [0.15, 0.2) is 0 Å². The summed E-state index contributed by atoms with van der Waals surface area (Å²) in [6, 6.07) is -1.53. The van der Waals surface area contributed by atoms with Gasteiger partial charge in [-0.1, -0.05) is 43.6 Å². The molecule has 9 heteroatoms. The van der Waals surface area contributed by atoms with Crippen molar-refractivity contribution in [3.8, 4) is 0 Å². The minimum Gasteiger partial charge on any atom is -0.480 e. The Balaban J connectivity index is -0.000000317. The van der Waals surface area contributed by atoms with E-state index in [-0.39, 0.29) is 24.2 Å². The molecule has 0 aromatic carbocycles. The van der Waals surface area contributed by atoms with E-state index < -0.39 is 22.4 Å². The number of amides is 3. The molecule has 1 atom stereocenters.